The van der Waals surface area contributed by atoms with Gasteiger partial charge in [-0.05, 0) is 41.6 Å². The van der Waals surface area contributed by atoms with E-state index in [4.69, 9.17) is 0 Å². The van der Waals surface area contributed by atoms with Crippen LogP contribution in [-0.2, 0) is 19.4 Å². The van der Waals surface area contributed by atoms with Gasteiger partial charge in [0.1, 0.15) is 0 Å². The van der Waals surface area contributed by atoms with Crippen LogP contribution in [0.25, 0.3) is 0 Å². The maximum Gasteiger partial charge on any atom is 0.0766 e. The SMILES string of the molecule is CCc1nn(CC)c(CC(O)CC2CCCCC2)c1Br. The Morgan fingerprint density at radius 2 is 2.00 bits per heavy atom. The molecule has 1 aromatic rings. The number of aromatic nitrogens is 2. The fraction of sp³-hybridized carbons (Fsp3) is 0.812. The van der Waals surface area contributed by atoms with Crippen molar-refractivity contribution >= 4 is 15.9 Å². The lowest BCUT2D eigenvalue weighted by molar-refractivity contribution is 0.128. The number of halogens is 1. The van der Waals surface area contributed by atoms with E-state index in [1.54, 1.807) is 0 Å². The maximum absolute atomic E-state index is 10.4. The Labute approximate surface area is 130 Å². The summed E-state index contributed by atoms with van der Waals surface area (Å²) in [6, 6.07) is 0. The van der Waals surface area contributed by atoms with Gasteiger partial charge in [0.25, 0.3) is 0 Å². The highest BCUT2D eigenvalue weighted by Gasteiger charge is 2.21. The van der Waals surface area contributed by atoms with E-state index in [1.807, 2.05) is 4.68 Å². The van der Waals surface area contributed by atoms with E-state index in [2.05, 4.69) is 34.9 Å². The summed E-state index contributed by atoms with van der Waals surface area (Å²) in [4.78, 5) is 0. The summed E-state index contributed by atoms with van der Waals surface area (Å²) in [5.41, 5.74) is 2.26. The Bertz CT molecular complexity index is 424. The summed E-state index contributed by atoms with van der Waals surface area (Å²) < 4.78 is 3.14. The first kappa shape index (κ1) is 16.0. The Morgan fingerprint density at radius 1 is 1.30 bits per heavy atom. The molecule has 1 aliphatic rings. The van der Waals surface area contributed by atoms with Crippen LogP contribution in [0.5, 0.6) is 0 Å². The van der Waals surface area contributed by atoms with Crippen LogP contribution in [0.4, 0.5) is 0 Å². The van der Waals surface area contributed by atoms with Gasteiger partial charge < -0.3 is 5.11 Å². The second-order valence-electron chi connectivity index (χ2n) is 5.97. The predicted octanol–water partition coefficient (Wildman–Crippen LogP) is 4.10. The lowest BCUT2D eigenvalue weighted by Gasteiger charge is -2.24. The van der Waals surface area contributed by atoms with Crippen molar-refractivity contribution in [1.82, 2.24) is 9.78 Å². The van der Waals surface area contributed by atoms with Crippen molar-refractivity contribution in [2.75, 3.05) is 0 Å². The van der Waals surface area contributed by atoms with Gasteiger partial charge >= 0.3 is 0 Å². The molecular weight excluding hydrogens is 316 g/mol. The summed E-state index contributed by atoms with van der Waals surface area (Å²) in [6.07, 6.45) is 9.01. The predicted molar refractivity (Wildman–Crippen MR) is 85.9 cm³/mol. The molecule has 0 bridgehead atoms. The summed E-state index contributed by atoms with van der Waals surface area (Å²) in [7, 11) is 0. The topological polar surface area (TPSA) is 38.0 Å². The van der Waals surface area contributed by atoms with Crippen molar-refractivity contribution < 1.29 is 5.11 Å². The van der Waals surface area contributed by atoms with E-state index in [9.17, 15) is 5.11 Å². The van der Waals surface area contributed by atoms with Crippen LogP contribution in [0.1, 0.15) is 63.8 Å². The lowest BCUT2D eigenvalue weighted by Crippen LogP contribution is -2.20. The van der Waals surface area contributed by atoms with Crippen LogP contribution in [-0.4, -0.2) is 21.0 Å². The average Bonchev–Trinajstić information content (AvgIpc) is 2.76. The molecule has 0 saturated heterocycles. The first-order valence-electron chi connectivity index (χ1n) is 8.07. The van der Waals surface area contributed by atoms with E-state index in [0.29, 0.717) is 0 Å². The second-order valence-corrected chi connectivity index (χ2v) is 6.77. The number of hydrogen-bond acceptors (Lipinski definition) is 2. The molecule has 114 valence electrons. The minimum atomic E-state index is -0.235. The summed E-state index contributed by atoms with van der Waals surface area (Å²) in [6.45, 7) is 5.09. The Balaban J connectivity index is 1.99. The first-order valence-corrected chi connectivity index (χ1v) is 8.87. The molecule has 1 N–H and O–H groups in total. The highest BCUT2D eigenvalue weighted by Crippen LogP contribution is 2.29. The highest BCUT2D eigenvalue weighted by molar-refractivity contribution is 9.10. The molecule has 0 amide bonds. The molecule has 1 heterocycles. The Morgan fingerprint density at radius 3 is 2.60 bits per heavy atom. The molecule has 1 aliphatic carbocycles. The molecule has 3 nitrogen and oxygen atoms in total. The van der Waals surface area contributed by atoms with Crippen LogP contribution >= 0.6 is 15.9 Å². The van der Waals surface area contributed by atoms with Crippen LogP contribution < -0.4 is 0 Å². The first-order chi connectivity index (χ1) is 9.65. The van der Waals surface area contributed by atoms with Crippen molar-refractivity contribution in [3.8, 4) is 0 Å². The van der Waals surface area contributed by atoms with Crippen LogP contribution in [0.3, 0.4) is 0 Å². The van der Waals surface area contributed by atoms with Gasteiger partial charge in [0.2, 0.25) is 0 Å². The fourth-order valence-corrected chi connectivity index (χ4v) is 4.05. The van der Waals surface area contributed by atoms with E-state index < -0.39 is 0 Å². The molecule has 0 spiro atoms. The number of aliphatic hydroxyl groups excluding tert-OH is 1. The molecule has 0 radical (unpaired) electrons. The number of hydrogen-bond donors (Lipinski definition) is 1. The molecular formula is C16H27BrN2O. The highest BCUT2D eigenvalue weighted by atomic mass is 79.9. The van der Waals surface area contributed by atoms with Gasteiger partial charge in [-0.25, -0.2) is 0 Å². The summed E-state index contributed by atoms with van der Waals surface area (Å²) >= 11 is 3.66. The van der Waals surface area contributed by atoms with Crippen LogP contribution in [0, 0.1) is 5.92 Å². The molecule has 1 saturated carbocycles. The molecule has 1 unspecified atom stereocenters. The number of rotatable bonds is 6. The van der Waals surface area contributed by atoms with Gasteiger partial charge in [0, 0.05) is 13.0 Å². The largest absolute Gasteiger partial charge is 0.393 e. The number of aryl methyl sites for hydroxylation is 2. The van der Waals surface area contributed by atoms with Gasteiger partial charge in [-0.3, -0.25) is 4.68 Å². The van der Waals surface area contributed by atoms with Gasteiger partial charge in [0.05, 0.1) is 22.0 Å². The van der Waals surface area contributed by atoms with Gasteiger partial charge in [0.15, 0.2) is 0 Å². The molecule has 2 rings (SSSR count). The molecule has 4 heteroatoms. The quantitative estimate of drug-likeness (QED) is 0.844. The van der Waals surface area contributed by atoms with Crippen molar-refractivity contribution in [2.24, 2.45) is 5.92 Å². The van der Waals surface area contributed by atoms with Crippen LogP contribution in [0.2, 0.25) is 0 Å². The molecule has 0 aliphatic heterocycles. The third kappa shape index (κ3) is 3.85. The van der Waals surface area contributed by atoms with Crippen molar-refractivity contribution in [1.29, 1.82) is 0 Å². The van der Waals surface area contributed by atoms with Gasteiger partial charge in [-0.2, -0.15) is 5.10 Å². The Hall–Kier alpha value is -0.350. The van der Waals surface area contributed by atoms with Crippen molar-refractivity contribution in [2.45, 2.75) is 77.9 Å². The van der Waals surface area contributed by atoms with Crippen molar-refractivity contribution in [3.05, 3.63) is 15.9 Å². The van der Waals surface area contributed by atoms with Gasteiger partial charge in [-0.1, -0.05) is 39.0 Å². The lowest BCUT2D eigenvalue weighted by atomic mass is 9.85. The number of nitrogens with zero attached hydrogens (tertiary/aromatic N) is 2. The second kappa shape index (κ2) is 7.60. The zero-order valence-electron chi connectivity index (χ0n) is 12.7. The normalized spacial score (nSPS) is 18.4. The molecule has 0 aromatic carbocycles. The standard InChI is InChI=1S/C16H27BrN2O/c1-3-14-16(17)15(19(4-2)18-14)11-13(20)10-12-8-6-5-7-9-12/h12-13,20H,3-11H2,1-2H3. The summed E-state index contributed by atoms with van der Waals surface area (Å²) in [5, 5.41) is 15.0. The molecule has 1 aromatic heterocycles. The van der Waals surface area contributed by atoms with E-state index in [0.717, 1.165) is 47.6 Å². The van der Waals surface area contributed by atoms with E-state index in [1.165, 1.54) is 32.1 Å². The Kier molecular flexibility index (Phi) is 6.09. The van der Waals surface area contributed by atoms with E-state index in [-0.39, 0.29) is 6.10 Å². The zero-order valence-corrected chi connectivity index (χ0v) is 14.3. The minimum absolute atomic E-state index is 0.235. The third-order valence-corrected chi connectivity index (χ3v) is 5.37. The van der Waals surface area contributed by atoms with Gasteiger partial charge in [-0.15, -0.1) is 0 Å². The minimum Gasteiger partial charge on any atom is -0.393 e. The maximum atomic E-state index is 10.4. The van der Waals surface area contributed by atoms with Crippen molar-refractivity contribution in [3.63, 3.8) is 0 Å². The van der Waals surface area contributed by atoms with Crippen LogP contribution in [0.15, 0.2) is 4.47 Å². The molecule has 1 fully saturated rings. The smallest absolute Gasteiger partial charge is 0.0766 e. The zero-order chi connectivity index (χ0) is 14.5. The molecule has 1 atom stereocenters. The third-order valence-electron chi connectivity index (χ3n) is 4.45. The van der Waals surface area contributed by atoms with E-state index >= 15 is 0 Å². The monoisotopic (exact) mass is 342 g/mol. The molecule has 20 heavy (non-hydrogen) atoms. The summed E-state index contributed by atoms with van der Waals surface area (Å²) in [5.74, 6) is 0.723. The fourth-order valence-electron chi connectivity index (χ4n) is 3.33. The number of aliphatic hydroxyl groups is 1. The average molecular weight is 343 g/mol.